The minimum absolute atomic E-state index is 0.292. The van der Waals surface area contributed by atoms with Crippen LogP contribution in [-0.4, -0.2) is 27.3 Å². The van der Waals surface area contributed by atoms with Gasteiger partial charge in [0.05, 0.1) is 11.2 Å². The first-order valence-corrected chi connectivity index (χ1v) is 8.31. The molecule has 0 atom stereocenters. The molecule has 118 valence electrons. The van der Waals surface area contributed by atoms with Gasteiger partial charge in [-0.2, -0.15) is 9.78 Å². The van der Waals surface area contributed by atoms with Gasteiger partial charge in [0.2, 0.25) is 5.16 Å². The third kappa shape index (κ3) is 3.94. The Bertz CT molecular complexity index is 815. The lowest BCUT2D eigenvalue weighted by Gasteiger charge is -2.05. The van der Waals surface area contributed by atoms with Crippen molar-refractivity contribution in [3.63, 3.8) is 0 Å². The number of hydrogen-bond acceptors (Lipinski definition) is 6. The molecule has 1 aromatic carbocycles. The number of benzene rings is 1. The van der Waals surface area contributed by atoms with Crippen molar-refractivity contribution >= 4 is 29.6 Å². The second kappa shape index (κ2) is 7.34. The average molecular weight is 349 g/mol. The third-order valence-corrected chi connectivity index (χ3v) is 3.83. The molecule has 0 fully saturated rings. The van der Waals surface area contributed by atoms with Crippen molar-refractivity contribution in [3.8, 4) is 5.75 Å². The van der Waals surface area contributed by atoms with Crippen molar-refractivity contribution in [1.29, 1.82) is 0 Å². The summed E-state index contributed by atoms with van der Waals surface area (Å²) in [6, 6.07) is 11.0. The fourth-order valence-electron chi connectivity index (χ4n) is 1.80. The summed E-state index contributed by atoms with van der Waals surface area (Å²) in [6.07, 6.45) is 5.04. The molecule has 6 nitrogen and oxygen atoms in total. The van der Waals surface area contributed by atoms with Crippen LogP contribution in [0.1, 0.15) is 11.5 Å². The number of furan rings is 1. The van der Waals surface area contributed by atoms with E-state index in [2.05, 4.69) is 15.3 Å². The Labute approximate surface area is 142 Å². The molecular formula is C15H13ClN4O2S. The number of rotatable bonds is 6. The summed E-state index contributed by atoms with van der Waals surface area (Å²) in [5.41, 5.74) is 0. The number of aromatic nitrogens is 3. The van der Waals surface area contributed by atoms with Crippen molar-refractivity contribution in [2.45, 2.75) is 11.8 Å². The fraction of sp³-hybridized carbons (Fsp3) is 0.133. The van der Waals surface area contributed by atoms with Gasteiger partial charge in [-0.3, -0.25) is 0 Å². The van der Waals surface area contributed by atoms with Crippen molar-refractivity contribution in [2.24, 2.45) is 5.10 Å². The van der Waals surface area contributed by atoms with E-state index in [0.29, 0.717) is 34.1 Å². The summed E-state index contributed by atoms with van der Waals surface area (Å²) < 4.78 is 12.8. The molecule has 3 aromatic rings. The highest BCUT2D eigenvalue weighted by Crippen LogP contribution is 2.24. The van der Waals surface area contributed by atoms with Gasteiger partial charge >= 0.3 is 0 Å². The first kappa shape index (κ1) is 15.6. The Hall–Kier alpha value is -2.25. The maximum absolute atomic E-state index is 6.04. The molecule has 0 N–H and O–H groups in total. The highest BCUT2D eigenvalue weighted by Gasteiger charge is 2.05. The van der Waals surface area contributed by atoms with Crippen LogP contribution in [0.25, 0.3) is 0 Å². The SMILES string of the molecule is CSc1nncn1/N=C\c1ccc(COc2ccccc2Cl)o1. The lowest BCUT2D eigenvalue weighted by Crippen LogP contribution is -1.94. The summed E-state index contributed by atoms with van der Waals surface area (Å²) in [5, 5.41) is 13.2. The van der Waals surface area contributed by atoms with E-state index in [1.807, 2.05) is 36.6 Å². The van der Waals surface area contributed by atoms with E-state index in [1.165, 1.54) is 18.1 Å². The van der Waals surface area contributed by atoms with Gasteiger partial charge in [0, 0.05) is 0 Å². The van der Waals surface area contributed by atoms with Gasteiger partial charge < -0.3 is 9.15 Å². The molecule has 8 heteroatoms. The molecule has 23 heavy (non-hydrogen) atoms. The number of ether oxygens (including phenoxy) is 1. The van der Waals surface area contributed by atoms with Gasteiger partial charge in [-0.15, -0.1) is 10.2 Å². The Balaban J connectivity index is 1.63. The molecule has 0 aliphatic rings. The maximum atomic E-state index is 6.04. The highest BCUT2D eigenvalue weighted by atomic mass is 35.5. The zero-order chi connectivity index (χ0) is 16.1. The molecule has 0 radical (unpaired) electrons. The number of halogens is 1. The molecular weight excluding hydrogens is 336 g/mol. The van der Waals surface area contributed by atoms with Crippen LogP contribution in [0.5, 0.6) is 5.75 Å². The quantitative estimate of drug-likeness (QED) is 0.502. The van der Waals surface area contributed by atoms with Crippen LogP contribution < -0.4 is 4.74 Å². The minimum Gasteiger partial charge on any atom is -0.484 e. The van der Waals surface area contributed by atoms with Gasteiger partial charge in [-0.1, -0.05) is 35.5 Å². The van der Waals surface area contributed by atoms with Crippen LogP contribution in [0, 0.1) is 0 Å². The van der Waals surface area contributed by atoms with Crippen molar-refractivity contribution < 1.29 is 9.15 Å². The molecule has 2 aromatic heterocycles. The monoisotopic (exact) mass is 348 g/mol. The summed E-state index contributed by atoms with van der Waals surface area (Å²) in [5.74, 6) is 1.92. The van der Waals surface area contributed by atoms with Crippen molar-refractivity contribution in [1.82, 2.24) is 14.9 Å². The normalized spacial score (nSPS) is 11.2. The maximum Gasteiger partial charge on any atom is 0.211 e. The Morgan fingerprint density at radius 2 is 2.22 bits per heavy atom. The van der Waals surface area contributed by atoms with E-state index in [9.17, 15) is 0 Å². The zero-order valence-electron chi connectivity index (χ0n) is 12.2. The Kier molecular flexibility index (Phi) is 4.99. The third-order valence-electron chi connectivity index (χ3n) is 2.88. The van der Waals surface area contributed by atoms with Gasteiger partial charge in [0.1, 0.15) is 30.2 Å². The molecule has 0 saturated heterocycles. The van der Waals surface area contributed by atoms with Crippen LogP contribution in [0.4, 0.5) is 0 Å². The first-order valence-electron chi connectivity index (χ1n) is 6.70. The first-order chi connectivity index (χ1) is 11.3. The zero-order valence-corrected chi connectivity index (χ0v) is 13.8. The predicted octanol–water partition coefficient (Wildman–Crippen LogP) is 3.71. The van der Waals surface area contributed by atoms with Crippen LogP contribution in [0.2, 0.25) is 5.02 Å². The molecule has 0 spiro atoms. The minimum atomic E-state index is 0.292. The van der Waals surface area contributed by atoms with E-state index in [0.717, 1.165) is 0 Å². The van der Waals surface area contributed by atoms with E-state index in [4.69, 9.17) is 20.8 Å². The molecule has 3 rings (SSSR count). The molecule has 0 unspecified atom stereocenters. The van der Waals surface area contributed by atoms with Gasteiger partial charge in [-0.25, -0.2) is 0 Å². The second-order valence-electron chi connectivity index (χ2n) is 4.43. The molecule has 0 amide bonds. The van der Waals surface area contributed by atoms with Crippen LogP contribution in [0.3, 0.4) is 0 Å². The summed E-state index contributed by atoms with van der Waals surface area (Å²) in [7, 11) is 0. The Morgan fingerprint density at radius 3 is 3.04 bits per heavy atom. The van der Waals surface area contributed by atoms with Crippen LogP contribution in [0.15, 0.2) is 57.4 Å². The topological polar surface area (TPSA) is 65.4 Å². The molecule has 0 aliphatic carbocycles. The largest absolute Gasteiger partial charge is 0.484 e. The average Bonchev–Trinajstić information content (AvgIpc) is 3.21. The molecule has 0 aliphatic heterocycles. The highest BCUT2D eigenvalue weighted by molar-refractivity contribution is 7.98. The lowest BCUT2D eigenvalue weighted by atomic mass is 10.3. The number of nitrogens with zero attached hydrogens (tertiary/aromatic N) is 4. The second-order valence-corrected chi connectivity index (χ2v) is 5.61. The number of thioether (sulfide) groups is 1. The number of hydrogen-bond donors (Lipinski definition) is 0. The molecule has 0 bridgehead atoms. The standard InChI is InChI=1S/C15H13ClN4O2S/c1-23-15-19-17-10-20(15)18-8-11-6-7-12(22-11)9-21-14-5-3-2-4-13(14)16/h2-8,10H,9H2,1H3/b18-8-. The van der Waals surface area contributed by atoms with Gasteiger partial charge in [0.25, 0.3) is 0 Å². The molecule has 2 heterocycles. The van der Waals surface area contributed by atoms with Gasteiger partial charge in [0.15, 0.2) is 0 Å². The summed E-state index contributed by atoms with van der Waals surface area (Å²) >= 11 is 7.50. The van der Waals surface area contributed by atoms with E-state index >= 15 is 0 Å². The molecule has 0 saturated carbocycles. The predicted molar refractivity (Wildman–Crippen MR) is 89.3 cm³/mol. The van der Waals surface area contributed by atoms with Crippen LogP contribution >= 0.6 is 23.4 Å². The number of para-hydroxylation sites is 1. The van der Waals surface area contributed by atoms with Crippen LogP contribution in [-0.2, 0) is 6.61 Å². The van der Waals surface area contributed by atoms with E-state index in [1.54, 1.807) is 17.0 Å². The summed E-state index contributed by atoms with van der Waals surface area (Å²) in [4.78, 5) is 0. The fourth-order valence-corrected chi connectivity index (χ4v) is 2.40. The summed E-state index contributed by atoms with van der Waals surface area (Å²) in [6.45, 7) is 0.292. The van der Waals surface area contributed by atoms with E-state index in [-0.39, 0.29) is 0 Å². The smallest absolute Gasteiger partial charge is 0.211 e. The van der Waals surface area contributed by atoms with Gasteiger partial charge in [-0.05, 0) is 30.5 Å². The van der Waals surface area contributed by atoms with E-state index < -0.39 is 0 Å². The lowest BCUT2D eigenvalue weighted by molar-refractivity contribution is 0.270. The Morgan fingerprint density at radius 1 is 1.35 bits per heavy atom. The van der Waals surface area contributed by atoms with Crippen molar-refractivity contribution in [2.75, 3.05) is 6.26 Å². The van der Waals surface area contributed by atoms with Crippen molar-refractivity contribution in [3.05, 3.63) is 59.3 Å².